The van der Waals surface area contributed by atoms with Crippen LogP contribution in [0, 0.1) is 12.3 Å². The maximum atomic E-state index is 9.69. The smallest absolute Gasteiger partial charge is 0.139 e. The number of aliphatic hydroxyl groups excluding tert-OH is 1. The summed E-state index contributed by atoms with van der Waals surface area (Å²) in [5.74, 6) is 0.752. The van der Waals surface area contributed by atoms with E-state index in [4.69, 9.17) is 11.1 Å². The average Bonchev–Trinajstić information content (AvgIpc) is 2.28. The molecule has 4 N–H and O–H groups in total. The average molecular weight is 234 g/mol. The number of nitrogens with one attached hydrogen (secondary N) is 1. The van der Waals surface area contributed by atoms with E-state index in [1.165, 1.54) is 0 Å². The van der Waals surface area contributed by atoms with Crippen molar-refractivity contribution >= 4 is 11.7 Å². The maximum absolute atomic E-state index is 9.69. The monoisotopic (exact) mass is 234 g/mol. The second-order valence-corrected chi connectivity index (χ2v) is 4.48. The fraction of sp³-hybridized carbons (Fsp3) is 0.500. The first-order chi connectivity index (χ1) is 8.09. The van der Waals surface area contributed by atoms with Gasteiger partial charge in [-0.3, -0.25) is 5.41 Å². The first kappa shape index (κ1) is 11.9. The summed E-state index contributed by atoms with van der Waals surface area (Å²) in [5.41, 5.74) is 7.24. The van der Waals surface area contributed by atoms with E-state index >= 15 is 0 Å². The van der Waals surface area contributed by atoms with Crippen LogP contribution in [-0.2, 0) is 0 Å². The quantitative estimate of drug-likeness (QED) is 0.517. The highest BCUT2D eigenvalue weighted by Gasteiger charge is 2.22. The Bertz CT molecular complexity index is 433. The number of rotatable bonds is 2. The van der Waals surface area contributed by atoms with Gasteiger partial charge in [-0.05, 0) is 31.4 Å². The summed E-state index contributed by atoms with van der Waals surface area (Å²) in [6.07, 6.45) is 3.18. The van der Waals surface area contributed by atoms with E-state index in [0.29, 0.717) is 12.1 Å². The molecular weight excluding hydrogens is 216 g/mol. The van der Waals surface area contributed by atoms with Crippen LogP contribution >= 0.6 is 0 Å². The Hall–Kier alpha value is -1.62. The van der Waals surface area contributed by atoms with Crippen LogP contribution in [0.2, 0.25) is 0 Å². The predicted molar refractivity (Wildman–Crippen MR) is 67.4 cm³/mol. The van der Waals surface area contributed by atoms with Gasteiger partial charge in [-0.1, -0.05) is 0 Å². The van der Waals surface area contributed by atoms with Crippen LogP contribution in [0.15, 0.2) is 12.3 Å². The molecule has 0 amide bonds. The minimum atomic E-state index is -0.314. The molecule has 17 heavy (non-hydrogen) atoms. The molecule has 2 heterocycles. The second-order valence-electron chi connectivity index (χ2n) is 4.48. The lowest BCUT2D eigenvalue weighted by molar-refractivity contribution is 0.154. The number of nitrogens with two attached hydrogens (primary N) is 1. The fourth-order valence-electron chi connectivity index (χ4n) is 2.26. The van der Waals surface area contributed by atoms with Gasteiger partial charge in [0.25, 0.3) is 0 Å². The van der Waals surface area contributed by atoms with Crippen LogP contribution in [0.25, 0.3) is 0 Å². The molecule has 1 aliphatic rings. The van der Waals surface area contributed by atoms with Crippen molar-refractivity contribution in [2.75, 3.05) is 18.0 Å². The van der Waals surface area contributed by atoms with Gasteiger partial charge in [0.2, 0.25) is 0 Å². The molecule has 5 nitrogen and oxygen atoms in total. The molecule has 1 fully saturated rings. The number of aryl methyl sites for hydroxylation is 1. The highest BCUT2D eigenvalue weighted by atomic mass is 16.3. The standard InChI is InChI=1S/C12H18N4O/c1-8-4-5-15-12(10(8)11(13)14)16-6-2-3-9(17)7-16/h4-5,9,17H,2-3,6-7H2,1H3,(H3,13,14). The molecule has 0 aliphatic carbocycles. The summed E-state index contributed by atoms with van der Waals surface area (Å²) in [6, 6.07) is 1.85. The van der Waals surface area contributed by atoms with E-state index in [0.717, 1.165) is 30.8 Å². The largest absolute Gasteiger partial charge is 0.391 e. The summed E-state index contributed by atoms with van der Waals surface area (Å²) in [7, 11) is 0. The van der Waals surface area contributed by atoms with E-state index in [2.05, 4.69) is 4.98 Å². The highest BCUT2D eigenvalue weighted by Crippen LogP contribution is 2.23. The molecule has 1 atom stereocenters. The third-order valence-electron chi connectivity index (χ3n) is 3.10. The third-order valence-corrected chi connectivity index (χ3v) is 3.10. The second kappa shape index (κ2) is 4.71. The number of hydrogen-bond donors (Lipinski definition) is 3. The van der Waals surface area contributed by atoms with E-state index in [1.807, 2.05) is 17.9 Å². The Morgan fingerprint density at radius 2 is 2.41 bits per heavy atom. The number of nitrogens with zero attached hydrogens (tertiary/aromatic N) is 2. The van der Waals surface area contributed by atoms with Crippen LogP contribution in [-0.4, -0.2) is 35.1 Å². The number of piperidine rings is 1. The molecule has 0 aromatic carbocycles. The van der Waals surface area contributed by atoms with Gasteiger partial charge in [-0.15, -0.1) is 0 Å². The van der Waals surface area contributed by atoms with Crippen molar-refractivity contribution in [3.63, 3.8) is 0 Å². The van der Waals surface area contributed by atoms with Crippen LogP contribution in [0.4, 0.5) is 5.82 Å². The van der Waals surface area contributed by atoms with Gasteiger partial charge in [-0.2, -0.15) is 0 Å². The minimum Gasteiger partial charge on any atom is -0.391 e. The number of pyridine rings is 1. The molecule has 0 bridgehead atoms. The van der Waals surface area contributed by atoms with E-state index in [1.54, 1.807) is 6.20 Å². The lowest BCUT2D eigenvalue weighted by Gasteiger charge is -2.32. The molecule has 0 spiro atoms. The fourth-order valence-corrected chi connectivity index (χ4v) is 2.26. The summed E-state index contributed by atoms with van der Waals surface area (Å²) in [4.78, 5) is 6.32. The number of nitrogen functional groups attached to an aromatic ring is 1. The van der Waals surface area contributed by atoms with Crippen LogP contribution in [0.1, 0.15) is 24.0 Å². The Labute approximate surface area is 101 Å². The van der Waals surface area contributed by atoms with Crippen molar-refractivity contribution in [3.05, 3.63) is 23.4 Å². The number of β-amino-alcohol motifs (C(OH)–C–C–N with tert-alkyl or cyclic N) is 1. The van der Waals surface area contributed by atoms with Gasteiger partial charge >= 0.3 is 0 Å². The van der Waals surface area contributed by atoms with Gasteiger partial charge < -0.3 is 15.7 Å². The van der Waals surface area contributed by atoms with Crippen molar-refractivity contribution in [1.82, 2.24) is 4.98 Å². The summed E-state index contributed by atoms with van der Waals surface area (Å²) in [5, 5.41) is 17.3. The number of aliphatic hydroxyl groups is 1. The van der Waals surface area contributed by atoms with Crippen molar-refractivity contribution in [2.24, 2.45) is 5.73 Å². The predicted octanol–water partition coefficient (Wildman–Crippen LogP) is 0.635. The minimum absolute atomic E-state index is 0.0330. The number of hydrogen-bond acceptors (Lipinski definition) is 4. The lowest BCUT2D eigenvalue weighted by Crippen LogP contribution is -2.40. The molecule has 1 unspecified atom stereocenters. The molecular formula is C12H18N4O. The summed E-state index contributed by atoms with van der Waals surface area (Å²) in [6.45, 7) is 3.34. The van der Waals surface area contributed by atoms with Gasteiger partial charge in [0, 0.05) is 19.3 Å². The zero-order valence-electron chi connectivity index (χ0n) is 9.98. The summed E-state index contributed by atoms with van der Waals surface area (Å²) < 4.78 is 0. The van der Waals surface area contributed by atoms with Gasteiger partial charge in [0.05, 0.1) is 11.7 Å². The maximum Gasteiger partial charge on any atom is 0.139 e. The van der Waals surface area contributed by atoms with Gasteiger partial charge in [0.1, 0.15) is 11.7 Å². The molecule has 0 saturated carbocycles. The Morgan fingerprint density at radius 3 is 3.06 bits per heavy atom. The van der Waals surface area contributed by atoms with Crippen molar-refractivity contribution in [2.45, 2.75) is 25.9 Å². The molecule has 5 heteroatoms. The molecule has 1 aliphatic heterocycles. The Kier molecular flexibility index (Phi) is 3.28. The van der Waals surface area contributed by atoms with Crippen LogP contribution in [0.3, 0.4) is 0 Å². The molecule has 1 aromatic rings. The van der Waals surface area contributed by atoms with E-state index in [9.17, 15) is 5.11 Å². The van der Waals surface area contributed by atoms with Crippen molar-refractivity contribution in [3.8, 4) is 0 Å². The molecule has 92 valence electrons. The molecule has 0 radical (unpaired) electrons. The Balaban J connectivity index is 2.37. The number of anilines is 1. The molecule has 2 rings (SSSR count). The summed E-state index contributed by atoms with van der Waals surface area (Å²) >= 11 is 0. The normalized spacial score (nSPS) is 20.4. The third kappa shape index (κ3) is 2.39. The van der Waals surface area contributed by atoms with Crippen molar-refractivity contribution < 1.29 is 5.11 Å². The SMILES string of the molecule is Cc1ccnc(N2CCCC(O)C2)c1C(=N)N. The molecule has 1 aromatic heterocycles. The first-order valence-electron chi connectivity index (χ1n) is 5.82. The lowest BCUT2D eigenvalue weighted by atomic mass is 10.1. The molecule has 1 saturated heterocycles. The zero-order chi connectivity index (χ0) is 12.4. The van der Waals surface area contributed by atoms with Gasteiger partial charge in [-0.25, -0.2) is 4.98 Å². The number of aromatic nitrogens is 1. The topological polar surface area (TPSA) is 86.2 Å². The first-order valence-corrected chi connectivity index (χ1v) is 5.82. The number of amidine groups is 1. The van der Waals surface area contributed by atoms with Crippen LogP contribution < -0.4 is 10.6 Å². The van der Waals surface area contributed by atoms with E-state index in [-0.39, 0.29) is 11.9 Å². The van der Waals surface area contributed by atoms with E-state index < -0.39 is 0 Å². The zero-order valence-corrected chi connectivity index (χ0v) is 9.98. The Morgan fingerprint density at radius 1 is 1.65 bits per heavy atom. The van der Waals surface area contributed by atoms with Crippen LogP contribution in [0.5, 0.6) is 0 Å². The van der Waals surface area contributed by atoms with Gasteiger partial charge in [0.15, 0.2) is 0 Å². The highest BCUT2D eigenvalue weighted by molar-refractivity contribution is 6.01. The van der Waals surface area contributed by atoms with Crippen molar-refractivity contribution in [1.29, 1.82) is 5.41 Å².